The fourth-order valence-electron chi connectivity index (χ4n) is 3.09. The number of halogens is 3. The molecule has 1 aliphatic rings. The molecule has 140 valence electrons. The summed E-state index contributed by atoms with van der Waals surface area (Å²) in [4.78, 5) is 6.66. The molecule has 4 nitrogen and oxygen atoms in total. The molecule has 7 heteroatoms. The van der Waals surface area contributed by atoms with Crippen LogP contribution in [0.3, 0.4) is 0 Å². The van der Waals surface area contributed by atoms with Crippen LogP contribution in [0.5, 0.6) is 0 Å². The third-order valence-electron chi connectivity index (χ3n) is 4.35. The lowest BCUT2D eigenvalue weighted by atomic mass is 9.97. The number of hydrogen-bond donors (Lipinski definition) is 2. The quantitative estimate of drug-likeness (QED) is 0.398. The summed E-state index contributed by atoms with van der Waals surface area (Å²) >= 11 is 0. The lowest BCUT2D eigenvalue weighted by molar-refractivity contribution is 0.424. The van der Waals surface area contributed by atoms with E-state index in [1.807, 2.05) is 18.2 Å². The van der Waals surface area contributed by atoms with E-state index < -0.39 is 11.6 Å². The highest BCUT2D eigenvalue weighted by atomic mass is 127. The third-order valence-corrected chi connectivity index (χ3v) is 4.35. The van der Waals surface area contributed by atoms with Crippen molar-refractivity contribution in [1.82, 2.24) is 0 Å². The Morgan fingerprint density at radius 1 is 1.19 bits per heavy atom. The van der Waals surface area contributed by atoms with Gasteiger partial charge in [-0.2, -0.15) is 0 Å². The summed E-state index contributed by atoms with van der Waals surface area (Å²) in [6.45, 7) is 2.50. The first kappa shape index (κ1) is 20.4. The zero-order valence-corrected chi connectivity index (χ0v) is 16.7. The van der Waals surface area contributed by atoms with Crippen LogP contribution in [0.2, 0.25) is 0 Å². The van der Waals surface area contributed by atoms with Gasteiger partial charge in [0, 0.05) is 31.4 Å². The molecule has 0 bridgehead atoms. The number of piperidine rings is 1. The maximum atomic E-state index is 13.6. The van der Waals surface area contributed by atoms with Gasteiger partial charge in [0.2, 0.25) is 0 Å². The Balaban J connectivity index is 0.00000243. The molecular weight excluding hydrogens is 449 g/mol. The summed E-state index contributed by atoms with van der Waals surface area (Å²) in [7, 11) is 0. The summed E-state index contributed by atoms with van der Waals surface area (Å²) in [6, 6.07) is 13.5. The Hall–Kier alpha value is -1.90. The highest BCUT2D eigenvalue weighted by molar-refractivity contribution is 14.0. The molecule has 1 fully saturated rings. The molecule has 1 atom stereocenters. The van der Waals surface area contributed by atoms with Crippen molar-refractivity contribution in [2.45, 2.75) is 12.8 Å². The molecule has 1 saturated heterocycles. The number of guanidine groups is 1. The van der Waals surface area contributed by atoms with E-state index in [2.05, 4.69) is 27.3 Å². The van der Waals surface area contributed by atoms with Crippen LogP contribution in [0.25, 0.3) is 0 Å². The maximum Gasteiger partial charge on any atom is 0.193 e. The van der Waals surface area contributed by atoms with E-state index in [0.717, 1.165) is 44.1 Å². The zero-order valence-electron chi connectivity index (χ0n) is 14.4. The molecular formula is C19H23F2IN4. The van der Waals surface area contributed by atoms with Crippen molar-refractivity contribution in [2.24, 2.45) is 16.6 Å². The number of nitrogens with two attached hydrogens (primary N) is 1. The molecule has 0 aliphatic carbocycles. The number of benzene rings is 2. The van der Waals surface area contributed by atoms with Crippen LogP contribution in [0, 0.1) is 17.6 Å². The Morgan fingerprint density at radius 3 is 2.73 bits per heavy atom. The van der Waals surface area contributed by atoms with E-state index in [1.165, 1.54) is 5.69 Å². The Morgan fingerprint density at radius 2 is 1.96 bits per heavy atom. The van der Waals surface area contributed by atoms with E-state index in [9.17, 15) is 8.78 Å². The molecule has 1 heterocycles. The summed E-state index contributed by atoms with van der Waals surface area (Å²) in [5.74, 6) is -0.608. The molecule has 3 rings (SSSR count). The number of nitrogens with zero attached hydrogens (tertiary/aromatic N) is 2. The lowest BCUT2D eigenvalue weighted by Gasteiger charge is -2.33. The Labute approximate surface area is 169 Å². The van der Waals surface area contributed by atoms with E-state index in [1.54, 1.807) is 0 Å². The highest BCUT2D eigenvalue weighted by Crippen LogP contribution is 2.23. The second kappa shape index (κ2) is 9.70. The summed E-state index contributed by atoms with van der Waals surface area (Å²) in [5.41, 5.74) is 7.03. The van der Waals surface area contributed by atoms with E-state index >= 15 is 0 Å². The van der Waals surface area contributed by atoms with Crippen molar-refractivity contribution in [3.8, 4) is 0 Å². The summed E-state index contributed by atoms with van der Waals surface area (Å²) in [6.07, 6.45) is 2.18. The minimum atomic E-state index is -0.563. The Bertz CT molecular complexity index is 740. The van der Waals surface area contributed by atoms with Crippen LogP contribution in [-0.2, 0) is 0 Å². The first-order valence-corrected chi connectivity index (χ1v) is 8.44. The molecule has 3 N–H and O–H groups in total. The summed E-state index contributed by atoms with van der Waals surface area (Å²) in [5, 5.41) is 2.63. The molecule has 0 aromatic heterocycles. The van der Waals surface area contributed by atoms with Gasteiger partial charge in [-0.05, 0) is 43.0 Å². The molecule has 0 saturated carbocycles. The van der Waals surface area contributed by atoms with Crippen molar-refractivity contribution >= 4 is 41.3 Å². The second-order valence-electron chi connectivity index (χ2n) is 6.26. The standard InChI is InChI=1S/C19H22F2N4.HI/c20-15-8-9-17(21)18(11-15)24-19(22)23-12-14-5-4-10-25(13-14)16-6-2-1-3-7-16;/h1-3,6-9,11,14H,4-5,10,12-13H2,(H3,22,23,24);1H. The number of rotatable bonds is 4. The average Bonchev–Trinajstić information content (AvgIpc) is 2.64. The van der Waals surface area contributed by atoms with Gasteiger partial charge in [0.1, 0.15) is 11.6 Å². The van der Waals surface area contributed by atoms with Crippen molar-refractivity contribution in [3.05, 3.63) is 60.2 Å². The highest BCUT2D eigenvalue weighted by Gasteiger charge is 2.19. The van der Waals surface area contributed by atoms with E-state index in [0.29, 0.717) is 12.5 Å². The van der Waals surface area contributed by atoms with Crippen molar-refractivity contribution in [2.75, 3.05) is 29.9 Å². The van der Waals surface area contributed by atoms with Gasteiger partial charge in [-0.15, -0.1) is 24.0 Å². The molecule has 0 radical (unpaired) electrons. The monoisotopic (exact) mass is 472 g/mol. The molecule has 0 amide bonds. The largest absolute Gasteiger partial charge is 0.371 e. The van der Waals surface area contributed by atoms with Gasteiger partial charge in [-0.1, -0.05) is 18.2 Å². The topological polar surface area (TPSA) is 53.6 Å². The molecule has 1 unspecified atom stereocenters. The first-order chi connectivity index (χ1) is 12.1. The van der Waals surface area contributed by atoms with Crippen molar-refractivity contribution < 1.29 is 8.78 Å². The number of anilines is 2. The minimum absolute atomic E-state index is 0. The van der Waals surface area contributed by atoms with Gasteiger partial charge in [0.05, 0.1) is 5.69 Å². The molecule has 0 spiro atoms. The number of aliphatic imine (C=N–C) groups is 1. The fourth-order valence-corrected chi connectivity index (χ4v) is 3.09. The molecule has 1 aliphatic heterocycles. The SMILES string of the molecule is I.NC(=NCC1CCCN(c2ccccc2)C1)Nc1cc(F)ccc1F. The predicted octanol–water partition coefficient (Wildman–Crippen LogP) is 4.23. The van der Waals surface area contributed by atoms with Gasteiger partial charge in [0.25, 0.3) is 0 Å². The maximum absolute atomic E-state index is 13.6. The summed E-state index contributed by atoms with van der Waals surface area (Å²) < 4.78 is 26.8. The van der Waals surface area contributed by atoms with Crippen LogP contribution in [0.15, 0.2) is 53.5 Å². The molecule has 2 aromatic rings. The van der Waals surface area contributed by atoms with Gasteiger partial charge in [0.15, 0.2) is 5.96 Å². The van der Waals surface area contributed by atoms with Crippen molar-refractivity contribution in [1.29, 1.82) is 0 Å². The van der Waals surface area contributed by atoms with Gasteiger partial charge in [-0.25, -0.2) is 8.78 Å². The fraction of sp³-hybridized carbons (Fsp3) is 0.316. The normalized spacial score (nSPS) is 17.5. The van der Waals surface area contributed by atoms with Crippen LogP contribution < -0.4 is 16.0 Å². The number of hydrogen-bond acceptors (Lipinski definition) is 2. The van der Waals surface area contributed by atoms with Gasteiger partial charge >= 0.3 is 0 Å². The van der Waals surface area contributed by atoms with E-state index in [4.69, 9.17) is 5.73 Å². The van der Waals surface area contributed by atoms with Gasteiger partial charge < -0.3 is 16.0 Å². The first-order valence-electron chi connectivity index (χ1n) is 8.44. The average molecular weight is 472 g/mol. The third kappa shape index (κ3) is 5.55. The van der Waals surface area contributed by atoms with E-state index in [-0.39, 0.29) is 35.6 Å². The van der Waals surface area contributed by atoms with Crippen LogP contribution in [-0.4, -0.2) is 25.6 Å². The zero-order chi connectivity index (χ0) is 17.6. The van der Waals surface area contributed by atoms with Crippen LogP contribution >= 0.6 is 24.0 Å². The lowest BCUT2D eigenvalue weighted by Crippen LogP contribution is -2.37. The smallest absolute Gasteiger partial charge is 0.193 e. The van der Waals surface area contributed by atoms with Crippen LogP contribution in [0.1, 0.15) is 12.8 Å². The minimum Gasteiger partial charge on any atom is -0.371 e. The molecule has 26 heavy (non-hydrogen) atoms. The van der Waals surface area contributed by atoms with Crippen LogP contribution in [0.4, 0.5) is 20.2 Å². The van der Waals surface area contributed by atoms with Crippen molar-refractivity contribution in [3.63, 3.8) is 0 Å². The number of para-hydroxylation sites is 1. The predicted molar refractivity (Wildman–Crippen MR) is 113 cm³/mol. The van der Waals surface area contributed by atoms with Gasteiger partial charge in [-0.3, -0.25) is 4.99 Å². The Kier molecular flexibility index (Phi) is 7.62. The second-order valence-corrected chi connectivity index (χ2v) is 6.26. The number of nitrogens with one attached hydrogen (secondary N) is 1. The molecule has 2 aromatic carbocycles.